The van der Waals surface area contributed by atoms with Crippen molar-refractivity contribution in [3.05, 3.63) is 88.1 Å². The number of nitrogens with zero attached hydrogens (tertiary/aromatic N) is 2. The van der Waals surface area contributed by atoms with Crippen molar-refractivity contribution in [3.8, 4) is 11.5 Å². The van der Waals surface area contributed by atoms with E-state index in [4.69, 9.17) is 21.1 Å². The predicted molar refractivity (Wildman–Crippen MR) is 143 cm³/mol. The summed E-state index contributed by atoms with van der Waals surface area (Å²) in [4.78, 5) is 31.0. The second-order valence-electron chi connectivity index (χ2n) is 8.22. The third-order valence-corrected chi connectivity index (χ3v) is 7.15. The molecule has 1 atom stereocenters. The van der Waals surface area contributed by atoms with Crippen LogP contribution in [0.5, 0.6) is 11.5 Å². The number of rotatable bonds is 9. The molecule has 1 N–H and O–H groups in total. The molecule has 2 heterocycles. The lowest BCUT2D eigenvalue weighted by Gasteiger charge is -2.37. The van der Waals surface area contributed by atoms with Gasteiger partial charge in [-0.15, -0.1) is 17.9 Å². The number of carbonyl (C=O) groups excluding carboxylic acids is 2. The summed E-state index contributed by atoms with van der Waals surface area (Å²) in [6.07, 6.45) is 2.36. The van der Waals surface area contributed by atoms with Crippen molar-refractivity contribution in [3.63, 3.8) is 0 Å². The van der Waals surface area contributed by atoms with Crippen LogP contribution in [0.2, 0.25) is 5.02 Å². The van der Waals surface area contributed by atoms with Gasteiger partial charge in [-0.1, -0.05) is 35.9 Å². The normalized spacial score (nSPS) is 14.5. The third kappa shape index (κ3) is 6.01. The summed E-state index contributed by atoms with van der Waals surface area (Å²) in [6, 6.07) is 15.7. The Morgan fingerprint density at radius 1 is 1.22 bits per heavy atom. The van der Waals surface area contributed by atoms with Crippen LogP contribution in [0.1, 0.15) is 16.5 Å². The Balaban J connectivity index is 1.50. The molecule has 0 bridgehead atoms. The molecule has 0 spiro atoms. The number of nitrogens with one attached hydrogen (secondary N) is 1. The van der Waals surface area contributed by atoms with Crippen LogP contribution >= 0.6 is 22.9 Å². The van der Waals surface area contributed by atoms with E-state index in [0.717, 1.165) is 12.0 Å². The summed E-state index contributed by atoms with van der Waals surface area (Å²) in [5, 5.41) is 5.36. The highest BCUT2D eigenvalue weighted by atomic mass is 35.5. The monoisotopic (exact) mass is 525 g/mol. The molecule has 3 aromatic rings. The number of fused-ring (bicyclic) bond motifs is 1. The summed E-state index contributed by atoms with van der Waals surface area (Å²) in [6.45, 7) is 4.68. The Morgan fingerprint density at radius 2 is 2.03 bits per heavy atom. The first kappa shape index (κ1) is 25.6. The highest BCUT2D eigenvalue weighted by molar-refractivity contribution is 7.10. The summed E-state index contributed by atoms with van der Waals surface area (Å²) in [7, 11) is 1.60. The van der Waals surface area contributed by atoms with Gasteiger partial charge in [-0.2, -0.15) is 0 Å². The third-order valence-electron chi connectivity index (χ3n) is 5.92. The molecule has 3 amide bonds. The maximum atomic E-state index is 13.5. The summed E-state index contributed by atoms with van der Waals surface area (Å²) in [5.41, 5.74) is 1.63. The smallest absolute Gasteiger partial charge is 0.322 e. The minimum absolute atomic E-state index is 0.0942. The van der Waals surface area contributed by atoms with Gasteiger partial charge in [-0.25, -0.2) is 4.79 Å². The van der Waals surface area contributed by atoms with Crippen molar-refractivity contribution < 1.29 is 19.1 Å². The van der Waals surface area contributed by atoms with Gasteiger partial charge in [0.05, 0.1) is 13.2 Å². The van der Waals surface area contributed by atoms with E-state index in [1.807, 2.05) is 35.7 Å². The van der Waals surface area contributed by atoms with Crippen LogP contribution < -0.4 is 14.8 Å². The molecular formula is C27H28ClN3O4S. The second kappa shape index (κ2) is 12.0. The lowest BCUT2D eigenvalue weighted by atomic mass is 10.0. The molecule has 9 heteroatoms. The van der Waals surface area contributed by atoms with E-state index in [0.29, 0.717) is 28.8 Å². The van der Waals surface area contributed by atoms with Gasteiger partial charge in [0.2, 0.25) is 5.91 Å². The zero-order chi connectivity index (χ0) is 25.5. The van der Waals surface area contributed by atoms with Gasteiger partial charge < -0.3 is 24.6 Å². The molecule has 1 aliphatic heterocycles. The number of anilines is 1. The van der Waals surface area contributed by atoms with Gasteiger partial charge in [0.15, 0.2) is 11.5 Å². The number of hydrogen-bond donors (Lipinski definition) is 1. The topological polar surface area (TPSA) is 71.1 Å². The Kier molecular flexibility index (Phi) is 8.51. The average Bonchev–Trinajstić information content (AvgIpc) is 3.36. The van der Waals surface area contributed by atoms with E-state index < -0.39 is 6.03 Å². The molecule has 7 nitrogen and oxygen atoms in total. The minimum Gasteiger partial charge on any atom is -0.493 e. The largest absolute Gasteiger partial charge is 0.493 e. The van der Waals surface area contributed by atoms with Gasteiger partial charge in [-0.3, -0.25) is 4.79 Å². The highest BCUT2D eigenvalue weighted by Gasteiger charge is 2.33. The minimum atomic E-state index is -0.402. The molecule has 188 valence electrons. The Morgan fingerprint density at radius 3 is 2.78 bits per heavy atom. The van der Waals surface area contributed by atoms with Crippen molar-refractivity contribution in [2.24, 2.45) is 0 Å². The van der Waals surface area contributed by atoms with Crippen LogP contribution in [0.15, 0.2) is 72.6 Å². The molecular weight excluding hydrogens is 498 g/mol. The second-order valence-corrected chi connectivity index (χ2v) is 9.66. The van der Waals surface area contributed by atoms with Gasteiger partial charge in [-0.05, 0) is 53.8 Å². The number of amides is 3. The van der Waals surface area contributed by atoms with Gasteiger partial charge >= 0.3 is 6.03 Å². The van der Waals surface area contributed by atoms with Crippen LogP contribution in [-0.4, -0.2) is 55.1 Å². The highest BCUT2D eigenvalue weighted by Crippen LogP contribution is 2.35. The van der Waals surface area contributed by atoms with Crippen LogP contribution in [0.25, 0.3) is 0 Å². The van der Waals surface area contributed by atoms with E-state index >= 15 is 0 Å². The Hall–Kier alpha value is -3.49. The van der Waals surface area contributed by atoms with Crippen LogP contribution in [0.4, 0.5) is 10.5 Å². The van der Waals surface area contributed by atoms with Crippen LogP contribution in [0, 0.1) is 0 Å². The maximum absolute atomic E-state index is 13.5. The molecule has 1 aromatic heterocycles. The van der Waals surface area contributed by atoms with Gasteiger partial charge in [0.1, 0.15) is 13.2 Å². The number of hydrogen-bond acceptors (Lipinski definition) is 5. The molecule has 0 fully saturated rings. The molecule has 0 saturated heterocycles. The number of urea groups is 1. The maximum Gasteiger partial charge on any atom is 0.322 e. The summed E-state index contributed by atoms with van der Waals surface area (Å²) < 4.78 is 11.5. The van der Waals surface area contributed by atoms with Crippen molar-refractivity contribution in [1.82, 2.24) is 9.80 Å². The number of methoxy groups -OCH3 is 1. The lowest BCUT2D eigenvalue weighted by molar-refractivity contribution is -0.135. The number of thiophene rings is 1. The first-order valence-electron chi connectivity index (χ1n) is 11.5. The van der Waals surface area contributed by atoms with E-state index in [2.05, 4.69) is 11.9 Å². The average molecular weight is 526 g/mol. The van der Waals surface area contributed by atoms with Crippen molar-refractivity contribution in [2.45, 2.75) is 12.5 Å². The lowest BCUT2D eigenvalue weighted by Crippen LogP contribution is -2.48. The molecule has 2 aromatic carbocycles. The standard InChI is InChI=1S/C27H28ClN3O4S/c1-3-13-30(27(33)29-20-8-6-7-19(28)16-20)17-26(32)31-14-11-25-21(12-15-36-25)22(31)18-35-24-10-5-4-9-23(24)34-2/h3-10,12,15-16,22H,1,11,13-14,17-18H2,2H3,(H,29,33)/t22-/m0/s1. The molecule has 4 rings (SSSR count). The van der Waals surface area contributed by atoms with E-state index in [1.54, 1.807) is 53.7 Å². The number of halogens is 1. The molecule has 0 radical (unpaired) electrons. The molecule has 0 aliphatic carbocycles. The fourth-order valence-corrected chi connectivity index (χ4v) is 5.30. The molecule has 1 aliphatic rings. The van der Waals surface area contributed by atoms with Crippen LogP contribution in [-0.2, 0) is 11.2 Å². The summed E-state index contributed by atoms with van der Waals surface area (Å²) in [5.74, 6) is 1.08. The van der Waals surface area contributed by atoms with Crippen LogP contribution in [0.3, 0.4) is 0 Å². The fourth-order valence-electron chi connectivity index (χ4n) is 4.18. The first-order chi connectivity index (χ1) is 17.5. The molecule has 0 unspecified atom stereocenters. The fraction of sp³-hybridized carbons (Fsp3) is 0.259. The SMILES string of the molecule is C=CCN(CC(=O)N1CCc2sccc2[C@@H]1COc1ccccc1OC)C(=O)Nc1cccc(Cl)c1. The number of benzene rings is 2. The van der Waals surface area contributed by atoms with Gasteiger partial charge in [0, 0.05) is 28.7 Å². The Labute approximate surface area is 219 Å². The predicted octanol–water partition coefficient (Wildman–Crippen LogP) is 5.64. The Bertz CT molecular complexity index is 1230. The number of para-hydroxylation sites is 2. The van der Waals surface area contributed by atoms with Crippen molar-refractivity contribution in [1.29, 1.82) is 0 Å². The van der Waals surface area contributed by atoms with E-state index in [1.165, 1.54) is 9.78 Å². The zero-order valence-corrected chi connectivity index (χ0v) is 21.6. The van der Waals surface area contributed by atoms with Crippen molar-refractivity contribution >= 4 is 40.6 Å². The summed E-state index contributed by atoms with van der Waals surface area (Å²) >= 11 is 7.72. The quantitative estimate of drug-likeness (QED) is 0.367. The molecule has 36 heavy (non-hydrogen) atoms. The molecule has 0 saturated carbocycles. The first-order valence-corrected chi connectivity index (χ1v) is 12.8. The number of carbonyl (C=O) groups is 2. The zero-order valence-electron chi connectivity index (χ0n) is 20.0. The van der Waals surface area contributed by atoms with Crippen molar-refractivity contribution in [2.75, 3.05) is 38.7 Å². The number of ether oxygens (including phenoxy) is 2. The van der Waals surface area contributed by atoms with Gasteiger partial charge in [0.25, 0.3) is 0 Å². The van der Waals surface area contributed by atoms with E-state index in [9.17, 15) is 9.59 Å². The van der Waals surface area contributed by atoms with E-state index in [-0.39, 0.29) is 31.6 Å².